The fraction of sp³-hybridized carbons (Fsp3) is 0.143. The average Bonchev–Trinajstić information content (AvgIpc) is 2.63. The van der Waals surface area contributed by atoms with Crippen molar-refractivity contribution < 1.29 is 0 Å². The zero-order valence-electron chi connectivity index (χ0n) is 6.03. The minimum atomic E-state index is 0.850. The summed E-state index contributed by atoms with van der Waals surface area (Å²) in [7, 11) is 0. The minimum absolute atomic E-state index is 0.850. The quantitative estimate of drug-likeness (QED) is 0.797. The average molecular weight is 308 g/mol. The number of nitrogens with zero attached hydrogens (tertiary/aromatic N) is 2. The third kappa shape index (κ3) is 2.02. The lowest BCUT2D eigenvalue weighted by atomic mass is 10.2. The Morgan fingerprint density at radius 3 is 3.00 bits per heavy atom. The van der Waals surface area contributed by atoms with Crippen LogP contribution in [0.4, 0.5) is 0 Å². The Morgan fingerprint density at radius 2 is 2.42 bits per heavy atom. The molecule has 12 heavy (non-hydrogen) atoms. The molecule has 2 aromatic rings. The van der Waals surface area contributed by atoms with Crippen molar-refractivity contribution in [1.82, 2.24) is 9.36 Å². The van der Waals surface area contributed by atoms with Crippen molar-refractivity contribution in [2.75, 3.05) is 0 Å². The molecule has 2 aromatic heterocycles. The Labute approximate surface area is 92.0 Å². The molecule has 0 N–H and O–H groups in total. The molecule has 0 aliphatic carbocycles. The molecular weight excluding hydrogens is 303 g/mol. The lowest BCUT2D eigenvalue weighted by molar-refractivity contribution is 1.11. The lowest BCUT2D eigenvalue weighted by Gasteiger charge is -1.88. The first kappa shape index (κ1) is 8.58. The van der Waals surface area contributed by atoms with E-state index in [-0.39, 0.29) is 0 Å². The van der Waals surface area contributed by atoms with E-state index in [1.165, 1.54) is 17.1 Å². The van der Waals surface area contributed by atoms with Gasteiger partial charge in [-0.15, -0.1) is 0 Å². The molecule has 0 bridgehead atoms. The van der Waals surface area contributed by atoms with Crippen molar-refractivity contribution in [3.05, 3.63) is 31.2 Å². The first-order valence-electron chi connectivity index (χ1n) is 3.34. The number of halogens is 1. The highest BCUT2D eigenvalue weighted by molar-refractivity contribution is 14.1. The molecule has 0 spiro atoms. The fourth-order valence-corrected chi connectivity index (χ4v) is 2.87. The van der Waals surface area contributed by atoms with Crippen LogP contribution in [0.25, 0.3) is 0 Å². The van der Waals surface area contributed by atoms with Gasteiger partial charge in [-0.1, -0.05) is 0 Å². The highest BCUT2D eigenvalue weighted by Gasteiger charge is 2.02. The molecule has 0 radical (unpaired) electrons. The van der Waals surface area contributed by atoms with Gasteiger partial charge >= 0.3 is 0 Å². The SMILES string of the molecule is Ic1nsc(Cc2ccsc2)n1. The molecule has 0 saturated heterocycles. The van der Waals surface area contributed by atoms with Gasteiger partial charge in [0.2, 0.25) is 3.83 Å². The predicted molar refractivity (Wildman–Crippen MR) is 59.8 cm³/mol. The second-order valence-electron chi connectivity index (χ2n) is 2.27. The van der Waals surface area contributed by atoms with Crippen LogP contribution in [0.1, 0.15) is 10.6 Å². The van der Waals surface area contributed by atoms with Crippen LogP contribution in [0.5, 0.6) is 0 Å². The van der Waals surface area contributed by atoms with Crippen LogP contribution in [-0.2, 0) is 6.42 Å². The number of thiophene rings is 1. The molecule has 0 unspecified atom stereocenters. The maximum absolute atomic E-state index is 4.28. The molecule has 0 aliphatic heterocycles. The zero-order valence-corrected chi connectivity index (χ0v) is 9.82. The molecule has 0 aliphatic rings. The van der Waals surface area contributed by atoms with Gasteiger partial charge in [0.05, 0.1) is 0 Å². The Hall–Kier alpha value is -0.0100. The van der Waals surface area contributed by atoms with E-state index in [0.717, 1.165) is 15.3 Å². The van der Waals surface area contributed by atoms with Crippen LogP contribution >= 0.6 is 45.5 Å². The van der Waals surface area contributed by atoms with E-state index in [2.05, 4.69) is 48.8 Å². The smallest absolute Gasteiger partial charge is 0.203 e. The largest absolute Gasteiger partial charge is 0.214 e. The second-order valence-corrected chi connectivity index (χ2v) is 4.85. The molecule has 0 amide bonds. The summed E-state index contributed by atoms with van der Waals surface area (Å²) < 4.78 is 4.97. The predicted octanol–water partition coefficient (Wildman–Crippen LogP) is 2.80. The summed E-state index contributed by atoms with van der Waals surface area (Å²) in [6.45, 7) is 0. The van der Waals surface area contributed by atoms with Gasteiger partial charge in [-0.25, -0.2) is 4.98 Å². The number of rotatable bonds is 2. The normalized spacial score (nSPS) is 10.4. The van der Waals surface area contributed by atoms with E-state index >= 15 is 0 Å². The Kier molecular flexibility index (Phi) is 2.72. The van der Waals surface area contributed by atoms with Crippen LogP contribution in [-0.4, -0.2) is 9.36 Å². The summed E-state index contributed by atoms with van der Waals surface area (Å²) in [6.07, 6.45) is 0.921. The summed E-state index contributed by atoms with van der Waals surface area (Å²) in [5.74, 6) is 0. The van der Waals surface area contributed by atoms with Crippen molar-refractivity contribution in [2.24, 2.45) is 0 Å². The van der Waals surface area contributed by atoms with Crippen LogP contribution in [0.15, 0.2) is 16.8 Å². The molecule has 0 saturated carbocycles. The molecule has 2 heterocycles. The van der Waals surface area contributed by atoms with E-state index in [4.69, 9.17) is 0 Å². The monoisotopic (exact) mass is 308 g/mol. The van der Waals surface area contributed by atoms with E-state index in [1.54, 1.807) is 11.3 Å². The molecule has 0 fully saturated rings. The standard InChI is InChI=1S/C7H5IN2S2/c8-7-9-6(12-10-7)3-5-1-2-11-4-5/h1-2,4H,3H2. The maximum atomic E-state index is 4.28. The minimum Gasteiger partial charge on any atom is -0.214 e. The van der Waals surface area contributed by atoms with E-state index in [9.17, 15) is 0 Å². The van der Waals surface area contributed by atoms with Gasteiger partial charge in [0.15, 0.2) is 0 Å². The summed E-state index contributed by atoms with van der Waals surface area (Å²) in [5, 5.41) is 5.33. The summed E-state index contributed by atoms with van der Waals surface area (Å²) in [5.41, 5.74) is 1.33. The number of aromatic nitrogens is 2. The van der Waals surface area contributed by atoms with Gasteiger partial charge in [0.1, 0.15) is 5.01 Å². The van der Waals surface area contributed by atoms with Crippen molar-refractivity contribution in [1.29, 1.82) is 0 Å². The molecular formula is C7H5IN2S2. The maximum Gasteiger partial charge on any atom is 0.203 e. The molecule has 0 aromatic carbocycles. The van der Waals surface area contributed by atoms with Gasteiger partial charge in [0, 0.05) is 29.0 Å². The summed E-state index contributed by atoms with van der Waals surface area (Å²) in [4.78, 5) is 4.28. The number of hydrogen-bond acceptors (Lipinski definition) is 4. The molecule has 62 valence electrons. The van der Waals surface area contributed by atoms with E-state index in [1.807, 2.05) is 0 Å². The summed E-state index contributed by atoms with van der Waals surface area (Å²) in [6, 6.07) is 2.12. The lowest BCUT2D eigenvalue weighted by Crippen LogP contribution is -1.83. The van der Waals surface area contributed by atoms with Crippen molar-refractivity contribution in [2.45, 2.75) is 6.42 Å². The fourth-order valence-electron chi connectivity index (χ4n) is 0.874. The van der Waals surface area contributed by atoms with Gasteiger partial charge in [-0.3, -0.25) is 0 Å². The Bertz CT molecular complexity index is 355. The van der Waals surface area contributed by atoms with Gasteiger partial charge < -0.3 is 0 Å². The second kappa shape index (κ2) is 3.80. The first-order chi connectivity index (χ1) is 5.84. The first-order valence-corrected chi connectivity index (χ1v) is 6.13. The summed E-state index contributed by atoms with van der Waals surface area (Å²) >= 11 is 5.34. The van der Waals surface area contributed by atoms with Gasteiger partial charge in [-0.05, 0) is 33.9 Å². The van der Waals surface area contributed by atoms with Gasteiger partial charge in [-0.2, -0.15) is 15.7 Å². The van der Waals surface area contributed by atoms with E-state index < -0.39 is 0 Å². The third-order valence-electron chi connectivity index (χ3n) is 1.38. The Balaban J connectivity index is 2.14. The Morgan fingerprint density at radius 1 is 1.50 bits per heavy atom. The van der Waals surface area contributed by atoms with Crippen LogP contribution in [0.2, 0.25) is 0 Å². The highest BCUT2D eigenvalue weighted by atomic mass is 127. The van der Waals surface area contributed by atoms with Crippen molar-refractivity contribution >= 4 is 45.5 Å². The molecule has 0 atom stereocenters. The molecule has 2 nitrogen and oxygen atoms in total. The van der Waals surface area contributed by atoms with Crippen molar-refractivity contribution in [3.63, 3.8) is 0 Å². The van der Waals surface area contributed by atoms with Gasteiger partial charge in [0.25, 0.3) is 0 Å². The zero-order chi connectivity index (χ0) is 8.39. The van der Waals surface area contributed by atoms with Crippen LogP contribution < -0.4 is 0 Å². The van der Waals surface area contributed by atoms with Crippen molar-refractivity contribution in [3.8, 4) is 0 Å². The van der Waals surface area contributed by atoms with E-state index in [0.29, 0.717) is 0 Å². The molecule has 2 rings (SSSR count). The number of hydrogen-bond donors (Lipinski definition) is 0. The van der Waals surface area contributed by atoms with Crippen LogP contribution in [0.3, 0.4) is 0 Å². The third-order valence-corrected chi connectivity index (χ3v) is 3.63. The highest BCUT2D eigenvalue weighted by Crippen LogP contribution is 2.14. The molecule has 5 heteroatoms. The van der Waals surface area contributed by atoms with Crippen LogP contribution in [0, 0.1) is 3.83 Å². The topological polar surface area (TPSA) is 25.8 Å².